The number of nitriles is 1. The summed E-state index contributed by atoms with van der Waals surface area (Å²) in [6.45, 7) is 2.31. The number of rotatable bonds is 6. The quantitative estimate of drug-likeness (QED) is 0.559. The van der Waals surface area contributed by atoms with E-state index in [1.165, 1.54) is 12.8 Å². The van der Waals surface area contributed by atoms with E-state index in [0.29, 0.717) is 30.4 Å². The second kappa shape index (κ2) is 7.52. The summed E-state index contributed by atoms with van der Waals surface area (Å²) in [7, 11) is 1.63. The Labute approximate surface area is 166 Å². The van der Waals surface area contributed by atoms with Gasteiger partial charge in [0.05, 0.1) is 5.70 Å². The molecule has 0 atom stereocenters. The Hall–Kier alpha value is -2.45. The van der Waals surface area contributed by atoms with Crippen molar-refractivity contribution in [3.05, 3.63) is 40.5 Å². The first-order valence-corrected chi connectivity index (χ1v) is 10.1. The average molecular weight is 378 g/mol. The second-order valence-corrected chi connectivity index (χ2v) is 8.31. The number of benzene rings is 1. The van der Waals surface area contributed by atoms with Gasteiger partial charge in [0.2, 0.25) is 0 Å². The van der Waals surface area contributed by atoms with Crippen LogP contribution in [0.15, 0.2) is 23.8 Å². The first-order chi connectivity index (χ1) is 13.6. The van der Waals surface area contributed by atoms with Crippen LogP contribution in [0.5, 0.6) is 0 Å². The molecule has 4 rings (SSSR count). The Morgan fingerprint density at radius 2 is 2.00 bits per heavy atom. The van der Waals surface area contributed by atoms with Gasteiger partial charge in [0.1, 0.15) is 11.6 Å². The number of allylic oxidation sites excluding steroid dienone is 1. The molecule has 0 amide bonds. The summed E-state index contributed by atoms with van der Waals surface area (Å²) in [5.74, 6) is -0.0407. The first-order valence-electron chi connectivity index (χ1n) is 10.1. The number of Topliss-reactive ketones (excluding diaryl/α,β-unsaturated/α-hetero) is 2. The summed E-state index contributed by atoms with van der Waals surface area (Å²) in [6.07, 6.45) is 6.20. The summed E-state index contributed by atoms with van der Waals surface area (Å²) >= 11 is 0. The number of carbonyl (C=O) groups is 2. The van der Waals surface area contributed by atoms with Crippen molar-refractivity contribution in [3.63, 3.8) is 0 Å². The van der Waals surface area contributed by atoms with Crippen molar-refractivity contribution in [2.45, 2.75) is 44.9 Å². The van der Waals surface area contributed by atoms with E-state index in [1.807, 2.05) is 18.2 Å². The third kappa shape index (κ3) is 3.49. The van der Waals surface area contributed by atoms with Gasteiger partial charge in [-0.25, -0.2) is 0 Å². The molecule has 0 unspecified atom stereocenters. The summed E-state index contributed by atoms with van der Waals surface area (Å²) in [6, 6.07) is 7.75. The number of ether oxygens (including phenoxy) is 1. The maximum atomic E-state index is 12.6. The Balaban J connectivity index is 1.66. The zero-order valence-corrected chi connectivity index (χ0v) is 16.4. The van der Waals surface area contributed by atoms with Crippen LogP contribution in [-0.2, 0) is 16.0 Å². The highest BCUT2D eigenvalue weighted by Gasteiger charge is 2.45. The molecule has 3 aliphatic rings. The van der Waals surface area contributed by atoms with Crippen molar-refractivity contribution in [3.8, 4) is 6.07 Å². The van der Waals surface area contributed by atoms with Gasteiger partial charge in [0.25, 0.3) is 0 Å². The van der Waals surface area contributed by atoms with E-state index in [9.17, 15) is 14.9 Å². The Morgan fingerprint density at radius 1 is 1.25 bits per heavy atom. The number of piperidine rings is 1. The van der Waals surface area contributed by atoms with Crippen LogP contribution in [0.2, 0.25) is 0 Å². The Bertz CT molecular complexity index is 880. The fourth-order valence-electron chi connectivity index (χ4n) is 4.50. The fourth-order valence-corrected chi connectivity index (χ4v) is 4.50. The molecule has 1 aromatic carbocycles. The molecule has 1 saturated carbocycles. The second-order valence-electron chi connectivity index (χ2n) is 8.31. The number of nitrogens with zero attached hydrogens (tertiary/aromatic N) is 2. The molecule has 0 aromatic heterocycles. The van der Waals surface area contributed by atoms with Gasteiger partial charge in [0, 0.05) is 50.8 Å². The van der Waals surface area contributed by atoms with Crippen LogP contribution in [0, 0.1) is 16.7 Å². The average Bonchev–Trinajstić information content (AvgIpc) is 3.46. The molecule has 1 spiro atoms. The molecule has 1 aromatic rings. The van der Waals surface area contributed by atoms with Gasteiger partial charge in [-0.1, -0.05) is 12.1 Å². The molecule has 1 heterocycles. The Morgan fingerprint density at radius 3 is 2.64 bits per heavy atom. The topological polar surface area (TPSA) is 70.4 Å². The van der Waals surface area contributed by atoms with E-state index in [0.717, 1.165) is 42.8 Å². The number of hydrogen-bond donors (Lipinski definition) is 0. The lowest BCUT2D eigenvalue weighted by molar-refractivity contribution is -0.114. The summed E-state index contributed by atoms with van der Waals surface area (Å²) < 4.78 is 5.04. The lowest BCUT2D eigenvalue weighted by Gasteiger charge is -2.37. The highest BCUT2D eigenvalue weighted by molar-refractivity contribution is 6.10. The number of hydrogen-bond acceptors (Lipinski definition) is 5. The van der Waals surface area contributed by atoms with Crippen molar-refractivity contribution in [2.24, 2.45) is 5.41 Å². The molecule has 0 bridgehead atoms. The SMILES string of the molecule is COCCCC(=O)c1ccc2c(c1)C(N1CCC3(CC1)CC3)=C(C#N)C(=O)C2. The normalized spacial score (nSPS) is 20.1. The van der Waals surface area contributed by atoms with Crippen molar-refractivity contribution in [1.29, 1.82) is 5.26 Å². The minimum atomic E-state index is -0.115. The molecule has 1 aliphatic heterocycles. The van der Waals surface area contributed by atoms with Gasteiger partial charge >= 0.3 is 0 Å². The molecule has 1 saturated heterocycles. The van der Waals surface area contributed by atoms with E-state index in [-0.39, 0.29) is 23.6 Å². The smallest absolute Gasteiger partial charge is 0.179 e. The lowest BCUT2D eigenvalue weighted by Crippen LogP contribution is -2.36. The third-order valence-electron chi connectivity index (χ3n) is 6.52. The first kappa shape index (κ1) is 18.9. The lowest BCUT2D eigenvalue weighted by atomic mass is 9.84. The maximum absolute atomic E-state index is 12.6. The molecular formula is C23H26N2O3. The summed E-state index contributed by atoms with van der Waals surface area (Å²) in [5, 5.41) is 9.69. The largest absolute Gasteiger partial charge is 0.385 e. The maximum Gasteiger partial charge on any atom is 0.179 e. The number of ketones is 2. The molecule has 28 heavy (non-hydrogen) atoms. The molecular weight excluding hydrogens is 352 g/mol. The van der Waals surface area contributed by atoms with Gasteiger partial charge < -0.3 is 9.64 Å². The van der Waals surface area contributed by atoms with Crippen molar-refractivity contribution >= 4 is 17.3 Å². The van der Waals surface area contributed by atoms with Crippen molar-refractivity contribution < 1.29 is 14.3 Å². The predicted molar refractivity (Wildman–Crippen MR) is 106 cm³/mol. The zero-order chi connectivity index (χ0) is 19.7. The molecule has 2 fully saturated rings. The van der Waals surface area contributed by atoms with Crippen LogP contribution < -0.4 is 0 Å². The van der Waals surface area contributed by atoms with Crippen LogP contribution in [-0.4, -0.2) is 43.3 Å². The van der Waals surface area contributed by atoms with E-state index in [4.69, 9.17) is 4.74 Å². The van der Waals surface area contributed by atoms with Crippen LogP contribution in [0.1, 0.15) is 60.0 Å². The van der Waals surface area contributed by atoms with Crippen molar-refractivity contribution in [2.75, 3.05) is 26.8 Å². The molecule has 0 radical (unpaired) electrons. The summed E-state index contributed by atoms with van der Waals surface area (Å²) in [5.41, 5.74) is 3.97. The van der Waals surface area contributed by atoms with Gasteiger partial charge in [-0.3, -0.25) is 9.59 Å². The molecule has 146 valence electrons. The highest BCUT2D eigenvalue weighted by Crippen LogP contribution is 2.54. The molecule has 2 aliphatic carbocycles. The van der Waals surface area contributed by atoms with Crippen LogP contribution >= 0.6 is 0 Å². The predicted octanol–water partition coefficient (Wildman–Crippen LogP) is 3.53. The number of likely N-dealkylation sites (tertiary alicyclic amines) is 1. The van der Waals surface area contributed by atoms with Crippen molar-refractivity contribution in [1.82, 2.24) is 4.90 Å². The standard InChI is InChI=1S/C23H26N2O3/c1-28-12-2-3-20(26)17-5-4-16-14-21(27)19(15-24)22(18(16)13-17)25-10-8-23(6-7-23)9-11-25/h4-5,13H,2-3,6-12,14H2,1H3. The Kier molecular flexibility index (Phi) is 5.07. The number of fused-ring (bicyclic) bond motifs is 1. The van der Waals surface area contributed by atoms with Crippen LogP contribution in [0.25, 0.3) is 5.70 Å². The van der Waals surface area contributed by atoms with Gasteiger partial charge in [-0.05, 0) is 49.1 Å². The third-order valence-corrected chi connectivity index (χ3v) is 6.52. The zero-order valence-electron chi connectivity index (χ0n) is 16.4. The number of methoxy groups -OCH3 is 1. The van der Waals surface area contributed by atoms with Crippen LogP contribution in [0.3, 0.4) is 0 Å². The minimum Gasteiger partial charge on any atom is -0.385 e. The molecule has 5 nitrogen and oxygen atoms in total. The monoisotopic (exact) mass is 378 g/mol. The summed E-state index contributed by atoms with van der Waals surface area (Å²) in [4.78, 5) is 27.4. The highest BCUT2D eigenvalue weighted by atomic mass is 16.5. The van der Waals surface area contributed by atoms with E-state index in [2.05, 4.69) is 11.0 Å². The number of carbonyl (C=O) groups excluding carboxylic acids is 2. The van der Waals surface area contributed by atoms with Gasteiger partial charge in [-0.2, -0.15) is 5.26 Å². The molecule has 0 N–H and O–H groups in total. The van der Waals surface area contributed by atoms with E-state index in [1.54, 1.807) is 7.11 Å². The molecule has 5 heteroatoms. The van der Waals surface area contributed by atoms with E-state index >= 15 is 0 Å². The van der Waals surface area contributed by atoms with Crippen LogP contribution in [0.4, 0.5) is 0 Å². The van der Waals surface area contributed by atoms with Gasteiger partial charge in [0.15, 0.2) is 11.6 Å². The van der Waals surface area contributed by atoms with Gasteiger partial charge in [-0.15, -0.1) is 0 Å². The van der Waals surface area contributed by atoms with E-state index < -0.39 is 0 Å². The minimum absolute atomic E-state index is 0.0742. The fraction of sp³-hybridized carbons (Fsp3) is 0.522.